The Morgan fingerprint density at radius 1 is 0.974 bits per heavy atom. The lowest BCUT2D eigenvalue weighted by atomic mass is 9.89. The molecule has 0 saturated carbocycles. The van der Waals surface area contributed by atoms with Gasteiger partial charge in [-0.1, -0.05) is 68.4 Å². The summed E-state index contributed by atoms with van der Waals surface area (Å²) in [6, 6.07) is 24.5. The molecule has 2 atom stereocenters. The first-order chi connectivity index (χ1) is 18.5. The fourth-order valence-electron chi connectivity index (χ4n) is 4.94. The SMILES string of the molecule is CCOC(=O)C1C(=O)N(Cc2ccccc2)c2nc3ccccc3n2C1c1ccc(OCCC(C)C)cc1. The molecular weight excluding hydrogens is 478 g/mol. The summed E-state index contributed by atoms with van der Waals surface area (Å²) in [7, 11) is 0. The Kier molecular flexibility index (Phi) is 7.45. The molecule has 0 aliphatic carbocycles. The van der Waals surface area contributed by atoms with Crippen LogP contribution >= 0.6 is 0 Å². The van der Waals surface area contributed by atoms with Crippen LogP contribution in [0.25, 0.3) is 11.0 Å². The second kappa shape index (κ2) is 11.1. The number of aromatic nitrogens is 2. The first kappa shape index (κ1) is 25.5. The number of rotatable bonds is 9. The molecule has 38 heavy (non-hydrogen) atoms. The molecule has 0 spiro atoms. The average molecular weight is 512 g/mol. The van der Waals surface area contributed by atoms with E-state index in [2.05, 4.69) is 13.8 Å². The first-order valence-corrected chi connectivity index (χ1v) is 13.2. The van der Waals surface area contributed by atoms with E-state index in [9.17, 15) is 9.59 Å². The van der Waals surface area contributed by atoms with E-state index < -0.39 is 17.9 Å². The maximum absolute atomic E-state index is 14.1. The maximum Gasteiger partial charge on any atom is 0.321 e. The van der Waals surface area contributed by atoms with Crippen molar-refractivity contribution in [1.82, 2.24) is 9.55 Å². The Labute approximate surface area is 223 Å². The molecule has 2 heterocycles. The summed E-state index contributed by atoms with van der Waals surface area (Å²) >= 11 is 0. The Balaban J connectivity index is 1.61. The van der Waals surface area contributed by atoms with Gasteiger partial charge in [0, 0.05) is 0 Å². The van der Waals surface area contributed by atoms with Gasteiger partial charge in [-0.2, -0.15) is 0 Å². The molecule has 1 aliphatic heterocycles. The zero-order chi connectivity index (χ0) is 26.6. The molecule has 0 saturated heterocycles. The molecule has 0 N–H and O–H groups in total. The van der Waals surface area contributed by atoms with E-state index in [1.807, 2.05) is 83.4 Å². The maximum atomic E-state index is 14.1. The molecule has 0 radical (unpaired) electrons. The molecule has 0 bridgehead atoms. The highest BCUT2D eigenvalue weighted by Crippen LogP contribution is 2.42. The molecule has 0 fully saturated rings. The Morgan fingerprint density at radius 3 is 2.39 bits per heavy atom. The van der Waals surface area contributed by atoms with Crippen molar-refractivity contribution >= 4 is 28.9 Å². The van der Waals surface area contributed by atoms with Crippen LogP contribution in [0.2, 0.25) is 0 Å². The Bertz CT molecular complexity index is 1410. The topological polar surface area (TPSA) is 73.7 Å². The van der Waals surface area contributed by atoms with Crippen LogP contribution in [0.1, 0.15) is 44.4 Å². The number of fused-ring (bicyclic) bond motifs is 3. The molecule has 5 rings (SSSR count). The molecule has 2 unspecified atom stereocenters. The monoisotopic (exact) mass is 511 g/mol. The van der Waals surface area contributed by atoms with Crippen LogP contribution in [0.3, 0.4) is 0 Å². The van der Waals surface area contributed by atoms with Crippen molar-refractivity contribution < 1.29 is 19.1 Å². The van der Waals surface area contributed by atoms with Gasteiger partial charge < -0.3 is 14.0 Å². The van der Waals surface area contributed by atoms with Gasteiger partial charge in [-0.3, -0.25) is 14.5 Å². The number of benzene rings is 3. The Hall–Kier alpha value is -4.13. The van der Waals surface area contributed by atoms with Gasteiger partial charge in [-0.15, -0.1) is 0 Å². The van der Waals surface area contributed by atoms with Crippen molar-refractivity contribution in [2.75, 3.05) is 18.1 Å². The van der Waals surface area contributed by atoms with E-state index in [4.69, 9.17) is 14.5 Å². The van der Waals surface area contributed by atoms with Crippen molar-refractivity contribution in [3.05, 3.63) is 90.0 Å². The van der Waals surface area contributed by atoms with Crippen molar-refractivity contribution in [3.63, 3.8) is 0 Å². The minimum atomic E-state index is -1.06. The number of hydrogen-bond donors (Lipinski definition) is 0. The number of imidazole rings is 1. The van der Waals surface area contributed by atoms with E-state index in [0.717, 1.165) is 34.3 Å². The summed E-state index contributed by atoms with van der Waals surface area (Å²) in [6.45, 7) is 7.20. The van der Waals surface area contributed by atoms with Crippen LogP contribution in [0.5, 0.6) is 5.75 Å². The van der Waals surface area contributed by atoms with Crippen LogP contribution in [0, 0.1) is 11.8 Å². The third-order valence-electron chi connectivity index (χ3n) is 6.85. The summed E-state index contributed by atoms with van der Waals surface area (Å²) in [5.74, 6) is -0.0942. The van der Waals surface area contributed by atoms with Crippen LogP contribution in [-0.4, -0.2) is 34.6 Å². The number of carbonyl (C=O) groups excluding carboxylic acids is 2. The number of esters is 1. The molecule has 1 aliphatic rings. The normalized spacial score (nSPS) is 17.1. The van der Waals surface area contributed by atoms with Crippen molar-refractivity contribution in [3.8, 4) is 5.75 Å². The van der Waals surface area contributed by atoms with Gasteiger partial charge in [0.05, 0.1) is 36.8 Å². The minimum Gasteiger partial charge on any atom is -0.494 e. The number of nitrogens with zero attached hydrogens (tertiary/aromatic N) is 3. The van der Waals surface area contributed by atoms with E-state index in [1.54, 1.807) is 11.8 Å². The smallest absolute Gasteiger partial charge is 0.321 e. The van der Waals surface area contributed by atoms with Gasteiger partial charge in [-0.25, -0.2) is 4.98 Å². The van der Waals surface area contributed by atoms with E-state index in [1.165, 1.54) is 0 Å². The largest absolute Gasteiger partial charge is 0.494 e. The van der Waals surface area contributed by atoms with Gasteiger partial charge in [0.1, 0.15) is 5.75 Å². The van der Waals surface area contributed by atoms with Gasteiger partial charge >= 0.3 is 5.97 Å². The zero-order valence-electron chi connectivity index (χ0n) is 22.0. The van der Waals surface area contributed by atoms with Crippen LogP contribution in [-0.2, 0) is 20.9 Å². The molecule has 3 aromatic carbocycles. The first-order valence-electron chi connectivity index (χ1n) is 13.2. The number of anilines is 1. The van der Waals surface area contributed by atoms with Crippen LogP contribution in [0.4, 0.5) is 5.95 Å². The molecule has 7 heteroatoms. The summed E-state index contributed by atoms with van der Waals surface area (Å²) in [5.41, 5.74) is 3.38. The van der Waals surface area contributed by atoms with Gasteiger partial charge in [0.2, 0.25) is 11.9 Å². The number of amides is 1. The highest BCUT2D eigenvalue weighted by atomic mass is 16.5. The predicted octanol–water partition coefficient (Wildman–Crippen LogP) is 5.78. The predicted molar refractivity (Wildman–Crippen MR) is 147 cm³/mol. The third-order valence-corrected chi connectivity index (χ3v) is 6.85. The lowest BCUT2D eigenvalue weighted by Gasteiger charge is -2.38. The number of ether oxygens (including phenoxy) is 2. The second-order valence-electron chi connectivity index (χ2n) is 9.96. The summed E-state index contributed by atoms with van der Waals surface area (Å²) in [6.07, 6.45) is 0.964. The number of carbonyl (C=O) groups is 2. The highest BCUT2D eigenvalue weighted by molar-refractivity contribution is 6.08. The van der Waals surface area contributed by atoms with Crippen LogP contribution in [0.15, 0.2) is 78.9 Å². The van der Waals surface area contributed by atoms with E-state index >= 15 is 0 Å². The van der Waals surface area contributed by atoms with Crippen molar-refractivity contribution in [2.24, 2.45) is 11.8 Å². The standard InChI is InChI=1S/C31H33N3O4/c1-4-37-30(36)27-28(23-14-16-24(17-15-23)38-19-18-21(2)3)34-26-13-9-8-12-25(26)32-31(34)33(29(27)35)20-22-10-6-5-7-11-22/h5-17,21,27-28H,4,18-20H2,1-3H3. The number of para-hydroxylation sites is 2. The molecule has 7 nitrogen and oxygen atoms in total. The summed E-state index contributed by atoms with van der Waals surface area (Å²) in [5, 5.41) is 0. The molecule has 4 aromatic rings. The van der Waals surface area contributed by atoms with E-state index in [-0.39, 0.29) is 12.5 Å². The lowest BCUT2D eigenvalue weighted by Crippen LogP contribution is -2.49. The molecule has 1 amide bonds. The highest BCUT2D eigenvalue weighted by Gasteiger charge is 2.47. The molecule has 1 aromatic heterocycles. The number of hydrogen-bond acceptors (Lipinski definition) is 5. The van der Waals surface area contributed by atoms with Crippen molar-refractivity contribution in [2.45, 2.75) is 39.8 Å². The van der Waals surface area contributed by atoms with Crippen LogP contribution < -0.4 is 9.64 Å². The third kappa shape index (κ3) is 5.01. The fourth-order valence-corrected chi connectivity index (χ4v) is 4.94. The molecular formula is C31H33N3O4. The van der Waals surface area contributed by atoms with Gasteiger partial charge in [0.25, 0.3) is 0 Å². The van der Waals surface area contributed by atoms with Crippen molar-refractivity contribution in [1.29, 1.82) is 0 Å². The zero-order valence-corrected chi connectivity index (χ0v) is 22.0. The summed E-state index contributed by atoms with van der Waals surface area (Å²) < 4.78 is 13.4. The quantitative estimate of drug-likeness (QED) is 0.210. The summed E-state index contributed by atoms with van der Waals surface area (Å²) in [4.78, 5) is 34.0. The lowest BCUT2D eigenvalue weighted by molar-refractivity contribution is -0.153. The Morgan fingerprint density at radius 2 is 1.68 bits per heavy atom. The average Bonchev–Trinajstić information content (AvgIpc) is 3.30. The van der Waals surface area contributed by atoms with Gasteiger partial charge in [-0.05, 0) is 54.7 Å². The minimum absolute atomic E-state index is 0.189. The molecule has 196 valence electrons. The second-order valence-corrected chi connectivity index (χ2v) is 9.96. The van der Waals surface area contributed by atoms with Gasteiger partial charge in [0.15, 0.2) is 5.92 Å². The fraction of sp³-hybridized carbons (Fsp3) is 0.323. The van der Waals surface area contributed by atoms with E-state index in [0.29, 0.717) is 25.0 Å².